The molecule has 0 radical (unpaired) electrons. The van der Waals surface area contributed by atoms with Gasteiger partial charge >= 0.3 is 0 Å². The van der Waals surface area contributed by atoms with Gasteiger partial charge in [-0.3, -0.25) is 5.10 Å². The second-order valence-corrected chi connectivity index (χ2v) is 5.16. The Bertz CT molecular complexity index is 708. The molecule has 2 aromatic carbocycles. The highest BCUT2D eigenvalue weighted by Gasteiger charge is 2.07. The molecule has 90 valence electrons. The van der Waals surface area contributed by atoms with E-state index in [-0.39, 0.29) is 0 Å². The van der Waals surface area contributed by atoms with Gasteiger partial charge in [0.15, 0.2) is 5.82 Å². The Morgan fingerprint density at radius 3 is 2.83 bits per heavy atom. The van der Waals surface area contributed by atoms with Crippen molar-refractivity contribution < 1.29 is 0 Å². The maximum atomic E-state index is 5.95. The number of benzene rings is 2. The molecule has 18 heavy (non-hydrogen) atoms. The van der Waals surface area contributed by atoms with Crippen molar-refractivity contribution in [3.63, 3.8) is 0 Å². The largest absolute Gasteiger partial charge is 0.338 e. The van der Waals surface area contributed by atoms with Gasteiger partial charge in [-0.25, -0.2) is 0 Å². The first-order valence-electron chi connectivity index (χ1n) is 5.39. The van der Waals surface area contributed by atoms with E-state index in [4.69, 9.17) is 11.6 Å². The number of H-pyrrole nitrogens is 1. The molecule has 0 aliphatic rings. The number of aromatic amines is 1. The van der Waals surface area contributed by atoms with Crippen LogP contribution in [0.15, 0.2) is 46.9 Å². The lowest BCUT2D eigenvalue weighted by Gasteiger charge is -2.03. The minimum absolute atomic E-state index is 0.695. The van der Waals surface area contributed by atoms with Gasteiger partial charge in [0, 0.05) is 20.6 Å². The second kappa shape index (κ2) is 4.63. The average Bonchev–Trinajstić information content (AvgIpc) is 2.74. The van der Waals surface area contributed by atoms with E-state index >= 15 is 0 Å². The molecule has 0 spiro atoms. The summed E-state index contributed by atoms with van der Waals surface area (Å²) < 4.78 is 0.992. The zero-order valence-electron chi connectivity index (χ0n) is 9.24. The molecule has 3 rings (SSSR count). The lowest BCUT2D eigenvalue weighted by molar-refractivity contribution is 1.12. The van der Waals surface area contributed by atoms with Crippen molar-refractivity contribution in [1.82, 2.24) is 10.2 Å². The van der Waals surface area contributed by atoms with Gasteiger partial charge in [-0.15, -0.1) is 0 Å². The van der Waals surface area contributed by atoms with E-state index in [1.54, 1.807) is 0 Å². The molecule has 0 aliphatic heterocycles. The number of anilines is 2. The Balaban J connectivity index is 2.03. The van der Waals surface area contributed by atoms with Crippen LogP contribution in [0.3, 0.4) is 0 Å². The molecule has 0 atom stereocenters. The van der Waals surface area contributed by atoms with E-state index in [0.717, 1.165) is 26.9 Å². The zero-order chi connectivity index (χ0) is 12.5. The maximum absolute atomic E-state index is 5.95. The van der Waals surface area contributed by atoms with E-state index in [9.17, 15) is 0 Å². The molecule has 0 bridgehead atoms. The molecular formula is C13H9BrClN3. The van der Waals surface area contributed by atoms with Crippen molar-refractivity contribution in [2.45, 2.75) is 0 Å². The normalized spacial score (nSPS) is 10.8. The van der Waals surface area contributed by atoms with Gasteiger partial charge in [-0.1, -0.05) is 23.7 Å². The first-order chi connectivity index (χ1) is 8.74. The average molecular weight is 323 g/mol. The third-order valence-corrected chi connectivity index (χ3v) is 3.53. The van der Waals surface area contributed by atoms with E-state index in [0.29, 0.717) is 5.02 Å². The highest BCUT2D eigenvalue weighted by atomic mass is 79.9. The number of hydrogen-bond donors (Lipinski definition) is 2. The number of nitrogens with one attached hydrogen (secondary N) is 2. The van der Waals surface area contributed by atoms with Crippen LogP contribution in [0, 0.1) is 0 Å². The van der Waals surface area contributed by atoms with Crippen molar-refractivity contribution >= 4 is 49.9 Å². The molecule has 0 unspecified atom stereocenters. The summed E-state index contributed by atoms with van der Waals surface area (Å²) in [4.78, 5) is 0. The third-order valence-electron chi connectivity index (χ3n) is 2.64. The lowest BCUT2D eigenvalue weighted by atomic mass is 10.2. The fourth-order valence-corrected chi connectivity index (χ4v) is 2.45. The van der Waals surface area contributed by atoms with E-state index in [1.165, 1.54) is 0 Å². The summed E-state index contributed by atoms with van der Waals surface area (Å²) >= 11 is 9.44. The number of halogens is 2. The van der Waals surface area contributed by atoms with Gasteiger partial charge in [0.1, 0.15) is 0 Å². The number of hydrogen-bond acceptors (Lipinski definition) is 2. The van der Waals surface area contributed by atoms with Crippen LogP contribution in [0.2, 0.25) is 5.02 Å². The number of nitrogens with zero attached hydrogens (tertiary/aromatic N) is 1. The van der Waals surface area contributed by atoms with Crippen LogP contribution in [-0.4, -0.2) is 10.2 Å². The first-order valence-corrected chi connectivity index (χ1v) is 6.56. The Kier molecular flexibility index (Phi) is 2.97. The SMILES string of the molecule is Clc1cccc(Nc2n[nH]c3c(Br)cccc23)c1. The molecule has 5 heteroatoms. The number of fused-ring (bicyclic) bond motifs is 1. The topological polar surface area (TPSA) is 40.7 Å². The van der Waals surface area contributed by atoms with Crippen molar-refractivity contribution in [1.29, 1.82) is 0 Å². The van der Waals surface area contributed by atoms with Crippen molar-refractivity contribution in [2.24, 2.45) is 0 Å². The van der Waals surface area contributed by atoms with Crippen LogP contribution >= 0.6 is 27.5 Å². The summed E-state index contributed by atoms with van der Waals surface area (Å²) in [5, 5.41) is 12.2. The Morgan fingerprint density at radius 2 is 2.00 bits per heavy atom. The quantitative estimate of drug-likeness (QED) is 0.716. The predicted octanol–water partition coefficient (Wildman–Crippen LogP) is 4.72. The van der Waals surface area contributed by atoms with Crippen molar-refractivity contribution in [3.8, 4) is 0 Å². The van der Waals surface area contributed by atoms with Crippen molar-refractivity contribution in [3.05, 3.63) is 52.0 Å². The Labute approximate surface area is 117 Å². The summed E-state index contributed by atoms with van der Waals surface area (Å²) in [5.41, 5.74) is 1.89. The molecule has 0 saturated heterocycles. The molecule has 1 heterocycles. The smallest absolute Gasteiger partial charge is 0.160 e. The summed E-state index contributed by atoms with van der Waals surface area (Å²) in [6.45, 7) is 0. The molecule has 0 fully saturated rings. The monoisotopic (exact) mass is 321 g/mol. The molecule has 2 N–H and O–H groups in total. The minimum atomic E-state index is 0.695. The van der Waals surface area contributed by atoms with Crippen LogP contribution in [0.5, 0.6) is 0 Å². The van der Waals surface area contributed by atoms with E-state index in [1.807, 2.05) is 42.5 Å². The van der Waals surface area contributed by atoms with Crippen LogP contribution in [0.25, 0.3) is 10.9 Å². The van der Waals surface area contributed by atoms with Gasteiger partial charge in [0.2, 0.25) is 0 Å². The van der Waals surface area contributed by atoms with E-state index < -0.39 is 0 Å². The fraction of sp³-hybridized carbons (Fsp3) is 0. The van der Waals surface area contributed by atoms with E-state index in [2.05, 4.69) is 31.4 Å². The molecule has 1 aromatic heterocycles. The molecule has 0 aliphatic carbocycles. The summed E-state index contributed by atoms with van der Waals surface area (Å²) in [5.74, 6) is 0.786. The van der Waals surface area contributed by atoms with Gasteiger partial charge in [-0.2, -0.15) is 5.10 Å². The highest BCUT2D eigenvalue weighted by molar-refractivity contribution is 9.10. The first kappa shape index (κ1) is 11.6. The predicted molar refractivity (Wildman–Crippen MR) is 78.5 cm³/mol. The van der Waals surface area contributed by atoms with Crippen LogP contribution in [-0.2, 0) is 0 Å². The standard InChI is InChI=1S/C13H9BrClN3/c14-11-6-2-5-10-12(11)17-18-13(10)16-9-4-1-3-8(15)7-9/h1-7H,(H2,16,17,18). The minimum Gasteiger partial charge on any atom is -0.338 e. The fourth-order valence-electron chi connectivity index (χ4n) is 1.81. The Hall–Kier alpha value is -1.52. The molecule has 0 amide bonds. The van der Waals surface area contributed by atoms with Gasteiger partial charge in [0.05, 0.1) is 5.52 Å². The zero-order valence-corrected chi connectivity index (χ0v) is 11.6. The molecule has 0 saturated carbocycles. The van der Waals surface area contributed by atoms with Gasteiger partial charge in [-0.05, 0) is 46.3 Å². The number of rotatable bonds is 2. The van der Waals surface area contributed by atoms with Crippen LogP contribution < -0.4 is 5.32 Å². The second-order valence-electron chi connectivity index (χ2n) is 3.87. The summed E-state index contributed by atoms with van der Waals surface area (Å²) in [6, 6.07) is 13.5. The number of aromatic nitrogens is 2. The lowest BCUT2D eigenvalue weighted by Crippen LogP contribution is -1.90. The highest BCUT2D eigenvalue weighted by Crippen LogP contribution is 2.29. The number of para-hydroxylation sites is 1. The van der Waals surface area contributed by atoms with Gasteiger partial charge < -0.3 is 5.32 Å². The van der Waals surface area contributed by atoms with Crippen molar-refractivity contribution in [2.75, 3.05) is 5.32 Å². The third kappa shape index (κ3) is 2.09. The van der Waals surface area contributed by atoms with Crippen LogP contribution in [0.1, 0.15) is 0 Å². The maximum Gasteiger partial charge on any atom is 0.160 e. The van der Waals surface area contributed by atoms with Crippen LogP contribution in [0.4, 0.5) is 11.5 Å². The van der Waals surface area contributed by atoms with Gasteiger partial charge in [0.25, 0.3) is 0 Å². The molecule has 3 aromatic rings. The molecular weight excluding hydrogens is 314 g/mol. The Morgan fingerprint density at radius 1 is 1.17 bits per heavy atom. The molecule has 3 nitrogen and oxygen atoms in total. The summed E-state index contributed by atoms with van der Waals surface area (Å²) in [6.07, 6.45) is 0. The summed E-state index contributed by atoms with van der Waals surface area (Å²) in [7, 11) is 0.